The van der Waals surface area contributed by atoms with E-state index in [9.17, 15) is 4.79 Å². The van der Waals surface area contributed by atoms with Gasteiger partial charge >= 0.3 is 0 Å². The number of carbonyl (C=O) groups excluding carboxylic acids is 1. The minimum atomic E-state index is -0.555. The highest BCUT2D eigenvalue weighted by Gasteiger charge is 2.25. The third-order valence-corrected chi connectivity index (χ3v) is 5.13. The van der Waals surface area contributed by atoms with Gasteiger partial charge in [-0.1, -0.05) is 41.1 Å². The van der Waals surface area contributed by atoms with E-state index >= 15 is 0 Å². The Labute approximate surface area is 172 Å². The second-order valence-corrected chi connectivity index (χ2v) is 7.12. The van der Waals surface area contributed by atoms with Crippen molar-refractivity contribution in [2.75, 3.05) is 5.73 Å². The number of anilines is 1. The van der Waals surface area contributed by atoms with Crippen molar-refractivity contribution in [3.8, 4) is 16.4 Å². The molecule has 0 radical (unpaired) electrons. The molecule has 0 fully saturated rings. The third-order valence-electron chi connectivity index (χ3n) is 3.92. The first kappa shape index (κ1) is 18.8. The highest BCUT2D eigenvalue weighted by molar-refractivity contribution is 7.13. The van der Waals surface area contributed by atoms with Gasteiger partial charge in [-0.05, 0) is 34.7 Å². The monoisotopic (exact) mass is 428 g/mol. The molecule has 0 bridgehead atoms. The summed E-state index contributed by atoms with van der Waals surface area (Å²) in [6, 6.07) is 10.9. The molecule has 0 aliphatic heterocycles. The zero-order valence-electron chi connectivity index (χ0n) is 14.9. The van der Waals surface area contributed by atoms with Crippen LogP contribution in [0.5, 0.6) is 0 Å². The molecule has 0 unspecified atom stereocenters. The number of aromatic nitrogens is 5. The fraction of sp³-hybridized carbons (Fsp3) is 0.0588. The third kappa shape index (κ3) is 3.60. The van der Waals surface area contributed by atoms with Crippen LogP contribution in [0.3, 0.4) is 0 Å². The highest BCUT2D eigenvalue weighted by Crippen LogP contribution is 2.29. The van der Waals surface area contributed by atoms with Gasteiger partial charge in [0.2, 0.25) is 11.6 Å². The highest BCUT2D eigenvalue weighted by atomic mass is 35.5. The van der Waals surface area contributed by atoms with E-state index in [0.717, 1.165) is 4.88 Å². The summed E-state index contributed by atoms with van der Waals surface area (Å²) in [5.41, 5.74) is 9.95. The van der Waals surface area contributed by atoms with Gasteiger partial charge in [-0.2, -0.15) is 9.78 Å². The van der Waals surface area contributed by atoms with E-state index in [1.165, 1.54) is 16.0 Å². The maximum atomic E-state index is 12.8. The summed E-state index contributed by atoms with van der Waals surface area (Å²) in [7, 11) is 0. The molecule has 4 rings (SSSR count). The average Bonchev–Trinajstić information content (AvgIpc) is 3.45. The first-order chi connectivity index (χ1) is 14.1. The standard InChI is InChI=1S/C17H13ClN8O2S/c1-9(10-5-2-3-6-11(10)18)20-22-17(27)13-14(12-7-4-8-29-12)26(25-21-13)16-15(19)23-28-24-16/h2-8H,1H3,(H2,19,23)(H,22,27)/b20-9+. The molecule has 3 aromatic heterocycles. The smallest absolute Gasteiger partial charge is 0.294 e. The lowest BCUT2D eigenvalue weighted by molar-refractivity contribution is 0.0950. The maximum absolute atomic E-state index is 12.8. The molecular weight excluding hydrogens is 416 g/mol. The Morgan fingerprint density at radius 2 is 2.10 bits per heavy atom. The summed E-state index contributed by atoms with van der Waals surface area (Å²) < 4.78 is 5.94. The summed E-state index contributed by atoms with van der Waals surface area (Å²) in [6.07, 6.45) is 0. The van der Waals surface area contributed by atoms with Crippen LogP contribution in [-0.2, 0) is 0 Å². The van der Waals surface area contributed by atoms with Crippen molar-refractivity contribution in [1.29, 1.82) is 0 Å². The van der Waals surface area contributed by atoms with Crippen molar-refractivity contribution in [1.82, 2.24) is 30.7 Å². The molecule has 0 aliphatic rings. The number of amides is 1. The molecule has 1 amide bonds. The number of hydrazone groups is 1. The van der Waals surface area contributed by atoms with Crippen molar-refractivity contribution in [2.45, 2.75) is 6.92 Å². The summed E-state index contributed by atoms with van der Waals surface area (Å²) >= 11 is 7.57. The molecule has 3 heterocycles. The van der Waals surface area contributed by atoms with E-state index < -0.39 is 5.91 Å². The number of rotatable bonds is 5. The van der Waals surface area contributed by atoms with E-state index in [0.29, 0.717) is 22.0 Å². The fourth-order valence-electron chi connectivity index (χ4n) is 2.56. The molecule has 0 saturated carbocycles. The Bertz CT molecular complexity index is 1200. The quantitative estimate of drug-likeness (QED) is 0.368. The minimum Gasteiger partial charge on any atom is -0.378 e. The van der Waals surface area contributed by atoms with E-state index in [4.69, 9.17) is 17.3 Å². The predicted octanol–water partition coefficient (Wildman–Crippen LogP) is 2.77. The Kier molecular flexibility index (Phi) is 5.06. The van der Waals surface area contributed by atoms with Crippen LogP contribution in [0.1, 0.15) is 23.0 Å². The zero-order valence-corrected chi connectivity index (χ0v) is 16.5. The van der Waals surface area contributed by atoms with Gasteiger partial charge in [0.15, 0.2) is 5.69 Å². The van der Waals surface area contributed by atoms with Crippen LogP contribution in [0, 0.1) is 0 Å². The maximum Gasteiger partial charge on any atom is 0.294 e. The van der Waals surface area contributed by atoms with Gasteiger partial charge in [-0.25, -0.2) is 10.1 Å². The van der Waals surface area contributed by atoms with Gasteiger partial charge in [0.05, 0.1) is 10.6 Å². The summed E-state index contributed by atoms with van der Waals surface area (Å²) in [5, 5.41) is 21.8. The first-order valence-corrected chi connectivity index (χ1v) is 9.49. The summed E-state index contributed by atoms with van der Waals surface area (Å²) in [5.74, 6) is -0.399. The molecular formula is C17H13ClN8O2S. The van der Waals surface area contributed by atoms with Gasteiger partial charge in [0, 0.05) is 10.6 Å². The number of hydrogen-bond acceptors (Lipinski definition) is 9. The van der Waals surface area contributed by atoms with E-state index in [1.807, 2.05) is 29.6 Å². The summed E-state index contributed by atoms with van der Waals surface area (Å²) in [4.78, 5) is 13.5. The second kappa shape index (κ2) is 7.81. The molecule has 146 valence electrons. The number of nitrogens with zero attached hydrogens (tertiary/aromatic N) is 6. The molecule has 0 saturated heterocycles. The molecule has 3 N–H and O–H groups in total. The molecule has 0 aliphatic carbocycles. The minimum absolute atomic E-state index is 0.0206. The number of nitrogen functional groups attached to an aromatic ring is 1. The molecule has 12 heteroatoms. The van der Waals surface area contributed by atoms with Gasteiger partial charge < -0.3 is 5.73 Å². The first-order valence-electron chi connectivity index (χ1n) is 8.23. The zero-order chi connectivity index (χ0) is 20.4. The Hall–Kier alpha value is -3.57. The van der Waals surface area contributed by atoms with Gasteiger partial charge in [0.25, 0.3) is 5.91 Å². The van der Waals surface area contributed by atoms with Crippen molar-refractivity contribution in [3.63, 3.8) is 0 Å². The van der Waals surface area contributed by atoms with Gasteiger partial charge in [0.1, 0.15) is 5.69 Å². The average molecular weight is 429 g/mol. The Morgan fingerprint density at radius 3 is 2.79 bits per heavy atom. The van der Waals surface area contributed by atoms with E-state index in [1.54, 1.807) is 19.1 Å². The normalized spacial score (nSPS) is 11.6. The Balaban J connectivity index is 1.69. The fourth-order valence-corrected chi connectivity index (χ4v) is 3.59. The van der Waals surface area contributed by atoms with Crippen LogP contribution in [0.4, 0.5) is 5.82 Å². The van der Waals surface area contributed by atoms with Crippen molar-refractivity contribution < 1.29 is 9.42 Å². The van der Waals surface area contributed by atoms with Crippen LogP contribution in [0.15, 0.2) is 51.5 Å². The van der Waals surface area contributed by atoms with Crippen LogP contribution in [-0.4, -0.2) is 36.9 Å². The molecule has 1 aromatic carbocycles. The molecule has 29 heavy (non-hydrogen) atoms. The lowest BCUT2D eigenvalue weighted by Crippen LogP contribution is -2.21. The number of benzene rings is 1. The number of nitrogens with two attached hydrogens (primary N) is 1. The number of thiophene rings is 1. The molecule has 0 spiro atoms. The van der Waals surface area contributed by atoms with E-state index in [-0.39, 0.29) is 17.3 Å². The number of nitrogens with one attached hydrogen (secondary N) is 1. The van der Waals surface area contributed by atoms with Gasteiger partial charge in [-0.3, -0.25) is 4.79 Å². The van der Waals surface area contributed by atoms with Crippen LogP contribution < -0.4 is 11.2 Å². The largest absolute Gasteiger partial charge is 0.378 e. The summed E-state index contributed by atoms with van der Waals surface area (Å²) in [6.45, 7) is 1.74. The molecule has 0 atom stereocenters. The van der Waals surface area contributed by atoms with E-state index in [2.05, 4.69) is 35.8 Å². The topological polar surface area (TPSA) is 137 Å². The number of carbonyl (C=O) groups is 1. The molecule has 4 aromatic rings. The van der Waals surface area contributed by atoms with Crippen LogP contribution in [0.25, 0.3) is 16.4 Å². The lowest BCUT2D eigenvalue weighted by Gasteiger charge is -2.05. The SMILES string of the molecule is C/C(=N\NC(=O)c1nnn(-c2nonc2N)c1-c1cccs1)c1ccccc1Cl. The van der Waals surface area contributed by atoms with Crippen molar-refractivity contribution >= 4 is 40.4 Å². The number of hydrogen-bond donors (Lipinski definition) is 2. The van der Waals surface area contributed by atoms with Crippen molar-refractivity contribution in [2.24, 2.45) is 5.10 Å². The lowest BCUT2D eigenvalue weighted by atomic mass is 10.1. The van der Waals surface area contributed by atoms with Gasteiger partial charge in [-0.15, -0.1) is 16.4 Å². The predicted molar refractivity (Wildman–Crippen MR) is 108 cm³/mol. The second-order valence-electron chi connectivity index (χ2n) is 5.77. The van der Waals surface area contributed by atoms with Crippen LogP contribution in [0.2, 0.25) is 5.02 Å². The van der Waals surface area contributed by atoms with Crippen molar-refractivity contribution in [3.05, 3.63) is 58.1 Å². The van der Waals surface area contributed by atoms with Crippen LogP contribution >= 0.6 is 22.9 Å². The molecule has 10 nitrogen and oxygen atoms in total. The Morgan fingerprint density at radius 1 is 1.28 bits per heavy atom. The number of halogens is 1.